The van der Waals surface area contributed by atoms with E-state index in [-0.39, 0.29) is 58.4 Å². The van der Waals surface area contributed by atoms with Crippen molar-refractivity contribution in [1.82, 2.24) is 15.7 Å². The quantitative estimate of drug-likeness (QED) is 0.101. The van der Waals surface area contributed by atoms with Crippen molar-refractivity contribution in [2.75, 3.05) is 39.7 Å². The van der Waals surface area contributed by atoms with Crippen LogP contribution >= 0.6 is 0 Å². The number of carbonyl (C=O) groups excluding carboxylic acids is 3. The third-order valence-electron chi connectivity index (χ3n) is 9.45. The molecule has 0 unspecified atom stereocenters. The van der Waals surface area contributed by atoms with Gasteiger partial charge in [-0.3, -0.25) is 19.2 Å². The molecule has 1 aromatic carbocycles. The third kappa shape index (κ3) is 6.48. The predicted molar refractivity (Wildman–Crippen MR) is 159 cm³/mol. The van der Waals surface area contributed by atoms with Gasteiger partial charge in [0.1, 0.15) is 61.0 Å². The third-order valence-corrected chi connectivity index (χ3v) is 9.45. The van der Waals surface area contributed by atoms with E-state index in [0.29, 0.717) is 0 Å². The van der Waals surface area contributed by atoms with E-state index in [4.69, 9.17) is 33.6 Å². The van der Waals surface area contributed by atoms with Gasteiger partial charge in [-0.2, -0.15) is 5.06 Å². The van der Waals surface area contributed by atoms with Crippen molar-refractivity contribution in [3.05, 3.63) is 41.5 Å². The summed E-state index contributed by atoms with van der Waals surface area (Å²) < 4.78 is 28.3. The van der Waals surface area contributed by atoms with Crippen molar-refractivity contribution >= 4 is 23.9 Å². The second-order valence-electron chi connectivity index (χ2n) is 12.3. The number of carbonyl (C=O) groups is 3. The summed E-state index contributed by atoms with van der Waals surface area (Å²) in [5.41, 5.74) is 0.0630. The molecular formula is C31H41N3O14. The van der Waals surface area contributed by atoms with Crippen LogP contribution in [0.3, 0.4) is 0 Å². The average Bonchev–Trinajstić information content (AvgIpc) is 3.71. The fourth-order valence-corrected chi connectivity index (χ4v) is 7.11. The van der Waals surface area contributed by atoms with Crippen molar-refractivity contribution in [2.24, 2.45) is 5.41 Å². The normalized spacial score (nSPS) is 37.3. The van der Waals surface area contributed by atoms with E-state index in [0.717, 1.165) is 11.1 Å². The molecule has 0 radical (unpaired) electrons. The SMILES string of the molecule is O=C(CCNC(=O)[C@@]12C[C@H]3OC(=O)[C@@H]1N(Cc1ccccc1C=CCO[C@H]1O[C@H](CO)[C@H](O)[C@H](O)[C@H]1O)O[C@@H]2[C@H]1OCO[C@H]13)NCCO. The largest absolute Gasteiger partial charge is 0.458 e. The first kappa shape index (κ1) is 34.8. The van der Waals surface area contributed by atoms with Crippen LogP contribution in [-0.2, 0) is 49.5 Å². The highest BCUT2D eigenvalue weighted by Crippen LogP contribution is 2.55. The van der Waals surface area contributed by atoms with E-state index in [1.807, 2.05) is 24.3 Å². The maximum absolute atomic E-state index is 14.0. The molecule has 1 saturated carbocycles. The second kappa shape index (κ2) is 14.8. The Morgan fingerprint density at radius 3 is 2.62 bits per heavy atom. The molecule has 17 heteroatoms. The van der Waals surface area contributed by atoms with Gasteiger partial charge < -0.3 is 59.9 Å². The van der Waals surface area contributed by atoms with E-state index >= 15 is 0 Å². The fourth-order valence-electron chi connectivity index (χ4n) is 7.11. The van der Waals surface area contributed by atoms with E-state index in [1.54, 1.807) is 12.2 Å². The highest BCUT2D eigenvalue weighted by Gasteiger charge is 2.74. The van der Waals surface area contributed by atoms with Gasteiger partial charge in [-0.05, 0) is 11.1 Å². The van der Waals surface area contributed by atoms with E-state index in [1.165, 1.54) is 5.06 Å². The number of benzene rings is 1. The van der Waals surface area contributed by atoms with E-state index in [2.05, 4.69) is 10.6 Å². The van der Waals surface area contributed by atoms with Crippen molar-refractivity contribution in [1.29, 1.82) is 0 Å². The van der Waals surface area contributed by atoms with E-state index < -0.39 is 85.1 Å². The molecule has 48 heavy (non-hydrogen) atoms. The van der Waals surface area contributed by atoms with Crippen LogP contribution in [0.5, 0.6) is 0 Å². The Balaban J connectivity index is 1.17. The fraction of sp³-hybridized carbons (Fsp3) is 0.645. The van der Waals surface area contributed by atoms with Gasteiger partial charge in [0.25, 0.3) is 0 Å². The molecule has 5 aliphatic rings. The molecule has 4 saturated heterocycles. The minimum atomic E-state index is -1.56. The molecule has 17 nitrogen and oxygen atoms in total. The molecular weight excluding hydrogens is 638 g/mol. The molecule has 7 N–H and O–H groups in total. The van der Waals surface area contributed by atoms with Crippen molar-refractivity contribution in [2.45, 2.75) is 80.5 Å². The number of hydrogen-bond acceptors (Lipinski definition) is 15. The monoisotopic (exact) mass is 679 g/mol. The summed E-state index contributed by atoms with van der Waals surface area (Å²) in [6.07, 6.45) is -6.37. The Kier molecular flexibility index (Phi) is 10.7. The Morgan fingerprint density at radius 1 is 1.04 bits per heavy atom. The molecule has 5 fully saturated rings. The lowest BCUT2D eigenvalue weighted by Crippen LogP contribution is -2.69. The molecule has 1 aliphatic carbocycles. The van der Waals surface area contributed by atoms with Crippen LogP contribution in [0.25, 0.3) is 6.08 Å². The summed E-state index contributed by atoms with van der Waals surface area (Å²) in [5.74, 6) is -1.45. The second-order valence-corrected chi connectivity index (χ2v) is 12.3. The zero-order valence-electron chi connectivity index (χ0n) is 26.0. The highest BCUT2D eigenvalue weighted by atomic mass is 16.8. The lowest BCUT2D eigenvalue weighted by atomic mass is 9.62. The molecule has 11 atom stereocenters. The van der Waals surface area contributed by atoms with Gasteiger partial charge in [0.05, 0.1) is 26.4 Å². The Hall–Kier alpha value is -3.07. The van der Waals surface area contributed by atoms with Crippen molar-refractivity contribution in [3.8, 4) is 0 Å². The molecule has 264 valence electrons. The Bertz CT molecular complexity index is 1360. The zero-order valence-corrected chi connectivity index (χ0v) is 26.0. The van der Waals surface area contributed by atoms with Crippen LogP contribution in [0.2, 0.25) is 0 Å². The first-order chi connectivity index (χ1) is 23.2. The number of hydroxylamine groups is 2. The highest BCUT2D eigenvalue weighted by molar-refractivity contribution is 5.93. The maximum atomic E-state index is 14.0. The number of aliphatic hydroxyl groups is 5. The number of esters is 1. The number of nitrogens with zero attached hydrogens (tertiary/aromatic N) is 1. The number of rotatable bonds is 13. The van der Waals surface area contributed by atoms with Crippen LogP contribution < -0.4 is 10.6 Å². The molecule has 0 aromatic heterocycles. The molecule has 0 spiro atoms. The number of nitrogens with one attached hydrogen (secondary N) is 2. The predicted octanol–water partition coefficient (Wildman–Crippen LogP) is -3.33. The number of hydrogen-bond donors (Lipinski definition) is 7. The van der Waals surface area contributed by atoms with Gasteiger partial charge in [-0.25, -0.2) is 0 Å². The maximum Gasteiger partial charge on any atom is 0.327 e. The summed E-state index contributed by atoms with van der Waals surface area (Å²) in [6.45, 7) is -0.713. The lowest BCUT2D eigenvalue weighted by Gasteiger charge is -2.48. The molecule has 6 rings (SSSR count). The summed E-state index contributed by atoms with van der Waals surface area (Å²) in [5, 5.41) is 55.3. The first-order valence-electron chi connectivity index (χ1n) is 15.9. The molecule has 2 amide bonds. The molecule has 2 bridgehead atoms. The van der Waals surface area contributed by atoms with Crippen molar-refractivity contribution in [3.63, 3.8) is 0 Å². The van der Waals surface area contributed by atoms with Gasteiger partial charge in [0.2, 0.25) is 11.8 Å². The number of fused-ring (bicyclic) bond motifs is 4. The standard InChI is InChI=1S/C31H41N3O14/c35-10-9-32-20(37)7-8-33-30(42)31-12-18-24-25(45-15-44-24)27(31)48-34(26(31)28(41)46-18)13-17-5-2-1-4-16(17)6-3-11-43-29-23(40)22(39)21(38)19(14-36)47-29/h1-6,18-19,21-27,29,35-36,38-40H,7-15H2,(H,32,37)(H,33,42)/t18-,19-,21+,22+,23-,24+,25+,26+,27-,29+,31+/m1/s1. The van der Waals surface area contributed by atoms with Gasteiger partial charge in [0, 0.05) is 25.9 Å². The minimum absolute atomic E-state index is 0.00126. The molecule has 1 aromatic rings. The van der Waals surface area contributed by atoms with Gasteiger partial charge >= 0.3 is 5.97 Å². The van der Waals surface area contributed by atoms with Crippen molar-refractivity contribution < 1.29 is 68.4 Å². The van der Waals surface area contributed by atoms with E-state index in [9.17, 15) is 34.8 Å². The van der Waals surface area contributed by atoms with Crippen LogP contribution in [0, 0.1) is 5.41 Å². The molecule has 4 aliphatic heterocycles. The van der Waals surface area contributed by atoms with Gasteiger partial charge in [-0.15, -0.1) is 0 Å². The topological polar surface area (TPSA) is 235 Å². The minimum Gasteiger partial charge on any atom is -0.458 e. The average molecular weight is 680 g/mol. The van der Waals surface area contributed by atoms with Crippen LogP contribution in [0.1, 0.15) is 24.0 Å². The Labute approximate surface area is 275 Å². The Morgan fingerprint density at radius 2 is 1.83 bits per heavy atom. The van der Waals surface area contributed by atoms with Crippen LogP contribution in [-0.4, -0.2) is 149 Å². The van der Waals surface area contributed by atoms with Crippen LogP contribution in [0.15, 0.2) is 30.3 Å². The summed E-state index contributed by atoms with van der Waals surface area (Å²) in [6, 6.07) is 6.15. The first-order valence-corrected chi connectivity index (χ1v) is 15.9. The zero-order chi connectivity index (χ0) is 34.0. The van der Waals surface area contributed by atoms with Gasteiger partial charge in [-0.1, -0.05) is 36.4 Å². The summed E-state index contributed by atoms with van der Waals surface area (Å²) in [7, 11) is 0. The molecule has 4 heterocycles. The smallest absolute Gasteiger partial charge is 0.327 e. The number of aliphatic hydroxyl groups excluding tert-OH is 5. The summed E-state index contributed by atoms with van der Waals surface area (Å²) in [4.78, 5) is 46.1. The summed E-state index contributed by atoms with van der Waals surface area (Å²) >= 11 is 0. The van der Waals surface area contributed by atoms with Crippen LogP contribution in [0.4, 0.5) is 0 Å². The number of amides is 2. The van der Waals surface area contributed by atoms with Gasteiger partial charge in [0.15, 0.2) is 12.3 Å². The number of ether oxygens (including phenoxy) is 5. The lowest BCUT2D eigenvalue weighted by molar-refractivity contribution is -0.298.